The Morgan fingerprint density at radius 3 is 2.74 bits per heavy atom. The summed E-state index contributed by atoms with van der Waals surface area (Å²) < 4.78 is 10.3. The van der Waals surface area contributed by atoms with E-state index < -0.39 is 0 Å². The Labute approximate surface area is 139 Å². The largest absolute Gasteiger partial charge is 0.495 e. The lowest BCUT2D eigenvalue weighted by Gasteiger charge is -2.23. The van der Waals surface area contributed by atoms with Gasteiger partial charge in [0.25, 0.3) is 5.91 Å². The summed E-state index contributed by atoms with van der Waals surface area (Å²) in [5.41, 5.74) is 0.555. The summed E-state index contributed by atoms with van der Waals surface area (Å²) in [4.78, 5) is 25.2. The van der Waals surface area contributed by atoms with E-state index >= 15 is 0 Å². The first-order valence-corrected chi connectivity index (χ1v) is 7.34. The first-order valence-electron chi connectivity index (χ1n) is 6.96. The second-order valence-corrected chi connectivity index (χ2v) is 5.16. The standard InChI is InChI=1S/C16H17ClN2O4/c1-11(20)19(13-10-12(17)5-6-14(13)22-2)8-7-18-16(21)15-4-3-9-23-15/h3-6,9-10H,7-8H2,1-2H3,(H,18,21). The highest BCUT2D eigenvalue weighted by Gasteiger charge is 2.17. The summed E-state index contributed by atoms with van der Waals surface area (Å²) in [6, 6.07) is 8.22. The number of halogens is 1. The predicted molar refractivity (Wildman–Crippen MR) is 87.1 cm³/mol. The van der Waals surface area contributed by atoms with Crippen molar-refractivity contribution in [1.29, 1.82) is 0 Å². The number of rotatable bonds is 6. The Morgan fingerprint density at radius 1 is 1.35 bits per heavy atom. The molecule has 0 radical (unpaired) electrons. The average Bonchev–Trinajstić information content (AvgIpc) is 3.05. The second kappa shape index (κ2) is 7.69. The normalized spacial score (nSPS) is 10.2. The maximum absolute atomic E-state index is 11.9. The molecule has 0 atom stereocenters. The van der Waals surface area contributed by atoms with Crippen LogP contribution < -0.4 is 15.0 Å². The molecule has 2 rings (SSSR count). The van der Waals surface area contributed by atoms with E-state index in [2.05, 4.69) is 5.32 Å². The molecule has 23 heavy (non-hydrogen) atoms. The van der Waals surface area contributed by atoms with Crippen LogP contribution >= 0.6 is 11.6 Å². The van der Waals surface area contributed by atoms with Crippen LogP contribution in [-0.2, 0) is 4.79 Å². The maximum Gasteiger partial charge on any atom is 0.287 e. The predicted octanol–water partition coefficient (Wildman–Crippen LogP) is 2.72. The number of nitrogens with zero attached hydrogens (tertiary/aromatic N) is 1. The number of hydrogen-bond acceptors (Lipinski definition) is 4. The summed E-state index contributed by atoms with van der Waals surface area (Å²) in [7, 11) is 1.52. The Balaban J connectivity index is 2.06. The molecule has 0 unspecified atom stereocenters. The van der Waals surface area contributed by atoms with Crippen LogP contribution in [-0.4, -0.2) is 32.0 Å². The number of ether oxygens (including phenoxy) is 1. The monoisotopic (exact) mass is 336 g/mol. The smallest absolute Gasteiger partial charge is 0.287 e. The van der Waals surface area contributed by atoms with E-state index in [-0.39, 0.29) is 30.7 Å². The van der Waals surface area contributed by atoms with E-state index in [0.717, 1.165) is 0 Å². The van der Waals surface area contributed by atoms with Gasteiger partial charge in [-0.2, -0.15) is 0 Å². The molecule has 7 heteroatoms. The van der Waals surface area contributed by atoms with Crippen molar-refractivity contribution in [2.24, 2.45) is 0 Å². The molecule has 0 saturated carbocycles. The molecule has 0 aliphatic heterocycles. The molecular formula is C16H17ClN2O4. The molecule has 0 aliphatic carbocycles. The molecule has 122 valence electrons. The fourth-order valence-corrected chi connectivity index (χ4v) is 2.26. The highest BCUT2D eigenvalue weighted by Crippen LogP contribution is 2.31. The highest BCUT2D eigenvalue weighted by molar-refractivity contribution is 6.31. The Hall–Kier alpha value is -2.47. The number of methoxy groups -OCH3 is 1. The number of amides is 2. The van der Waals surface area contributed by atoms with Gasteiger partial charge >= 0.3 is 0 Å². The number of benzene rings is 1. The van der Waals surface area contributed by atoms with E-state index in [9.17, 15) is 9.59 Å². The van der Waals surface area contributed by atoms with E-state index in [1.165, 1.54) is 25.2 Å². The van der Waals surface area contributed by atoms with Crippen LogP contribution in [0.4, 0.5) is 5.69 Å². The molecule has 0 fully saturated rings. The first-order chi connectivity index (χ1) is 11.0. The van der Waals surface area contributed by atoms with Gasteiger partial charge in [0.1, 0.15) is 5.75 Å². The Bertz CT molecular complexity index is 685. The molecule has 1 aromatic carbocycles. The van der Waals surface area contributed by atoms with Crippen LogP contribution in [0.2, 0.25) is 5.02 Å². The van der Waals surface area contributed by atoms with Gasteiger partial charge in [-0.15, -0.1) is 0 Å². The average molecular weight is 337 g/mol. The van der Waals surface area contributed by atoms with Gasteiger partial charge in [0.05, 0.1) is 19.1 Å². The van der Waals surface area contributed by atoms with E-state index in [0.29, 0.717) is 16.5 Å². The molecule has 6 nitrogen and oxygen atoms in total. The van der Waals surface area contributed by atoms with E-state index in [1.54, 1.807) is 30.3 Å². The Kier molecular flexibility index (Phi) is 5.65. The van der Waals surface area contributed by atoms with Crippen molar-refractivity contribution < 1.29 is 18.7 Å². The van der Waals surface area contributed by atoms with Crippen molar-refractivity contribution in [3.63, 3.8) is 0 Å². The third-order valence-corrected chi connectivity index (χ3v) is 3.41. The topological polar surface area (TPSA) is 71.8 Å². The zero-order valence-electron chi connectivity index (χ0n) is 12.8. The fraction of sp³-hybridized carbons (Fsp3) is 0.250. The second-order valence-electron chi connectivity index (χ2n) is 4.72. The van der Waals surface area contributed by atoms with Gasteiger partial charge in [-0.05, 0) is 30.3 Å². The lowest BCUT2D eigenvalue weighted by Crippen LogP contribution is -2.37. The van der Waals surface area contributed by atoms with Crippen molar-refractivity contribution in [2.75, 3.05) is 25.1 Å². The molecule has 1 aromatic heterocycles. The van der Waals surface area contributed by atoms with Crippen molar-refractivity contribution in [1.82, 2.24) is 5.32 Å². The third-order valence-electron chi connectivity index (χ3n) is 3.18. The zero-order chi connectivity index (χ0) is 16.8. The van der Waals surface area contributed by atoms with E-state index in [1.807, 2.05) is 0 Å². The zero-order valence-corrected chi connectivity index (χ0v) is 13.6. The summed E-state index contributed by atoms with van der Waals surface area (Å²) in [6.45, 7) is 1.97. The van der Waals surface area contributed by atoms with Crippen LogP contribution in [0.1, 0.15) is 17.5 Å². The molecule has 0 saturated heterocycles. The van der Waals surface area contributed by atoms with Crippen molar-refractivity contribution in [2.45, 2.75) is 6.92 Å². The number of carbonyl (C=O) groups excluding carboxylic acids is 2. The maximum atomic E-state index is 11.9. The minimum atomic E-state index is -0.337. The molecular weight excluding hydrogens is 320 g/mol. The summed E-state index contributed by atoms with van der Waals surface area (Å²) >= 11 is 6.00. The number of furan rings is 1. The SMILES string of the molecule is COc1ccc(Cl)cc1N(CCNC(=O)c1ccco1)C(C)=O. The summed E-state index contributed by atoms with van der Waals surface area (Å²) in [5.74, 6) is 0.232. The van der Waals surface area contributed by atoms with Gasteiger partial charge in [-0.25, -0.2) is 0 Å². The van der Waals surface area contributed by atoms with Gasteiger partial charge in [-0.3, -0.25) is 9.59 Å². The number of carbonyl (C=O) groups is 2. The fourth-order valence-electron chi connectivity index (χ4n) is 2.10. The summed E-state index contributed by atoms with van der Waals surface area (Å²) in [5, 5.41) is 3.18. The highest BCUT2D eigenvalue weighted by atomic mass is 35.5. The van der Waals surface area contributed by atoms with Crippen LogP contribution in [0.3, 0.4) is 0 Å². The molecule has 0 spiro atoms. The minimum absolute atomic E-state index is 0.183. The molecule has 0 aliphatic rings. The number of anilines is 1. The van der Waals surface area contributed by atoms with Crippen LogP contribution in [0, 0.1) is 0 Å². The first kappa shape index (κ1) is 16.9. The van der Waals surface area contributed by atoms with Gasteiger partial charge < -0.3 is 19.4 Å². The van der Waals surface area contributed by atoms with Crippen LogP contribution in [0.25, 0.3) is 0 Å². The number of nitrogens with one attached hydrogen (secondary N) is 1. The van der Waals surface area contributed by atoms with Crippen molar-refractivity contribution >= 4 is 29.1 Å². The molecule has 1 N–H and O–H groups in total. The quantitative estimate of drug-likeness (QED) is 0.880. The van der Waals surface area contributed by atoms with Crippen molar-refractivity contribution in [3.05, 3.63) is 47.4 Å². The lowest BCUT2D eigenvalue weighted by molar-refractivity contribution is -0.116. The third kappa shape index (κ3) is 4.26. The Morgan fingerprint density at radius 2 is 2.13 bits per heavy atom. The minimum Gasteiger partial charge on any atom is -0.495 e. The molecule has 2 amide bonds. The van der Waals surface area contributed by atoms with Gasteiger partial charge in [0.2, 0.25) is 5.91 Å². The van der Waals surface area contributed by atoms with Gasteiger partial charge in [-0.1, -0.05) is 11.6 Å². The molecule has 1 heterocycles. The van der Waals surface area contributed by atoms with Crippen molar-refractivity contribution in [3.8, 4) is 5.75 Å². The van der Waals surface area contributed by atoms with Crippen LogP contribution in [0.15, 0.2) is 41.0 Å². The van der Waals surface area contributed by atoms with E-state index in [4.69, 9.17) is 20.8 Å². The van der Waals surface area contributed by atoms with Crippen LogP contribution in [0.5, 0.6) is 5.75 Å². The van der Waals surface area contributed by atoms with Gasteiger partial charge in [0.15, 0.2) is 5.76 Å². The van der Waals surface area contributed by atoms with Gasteiger partial charge in [0, 0.05) is 25.0 Å². The number of hydrogen-bond donors (Lipinski definition) is 1. The lowest BCUT2D eigenvalue weighted by atomic mass is 10.2. The summed E-state index contributed by atoms with van der Waals surface area (Å²) in [6.07, 6.45) is 1.42. The molecule has 0 bridgehead atoms. The molecule has 2 aromatic rings.